The Balaban J connectivity index is 1.30. The standard InChI is InChI=1S/C30H23FN4O3S/c31-25-14-8-7-13-24(25)29(37)32-21-15-17-23(18-16-21)39-28(20-9-3-1-4-10-20)30(38)33-26-19-27(36)35(34-26)22-11-5-2-6-12-22/h1-18,28H,19H2,(H,32,37)(H,33,34,38). The van der Waals surface area contributed by atoms with Gasteiger partial charge < -0.3 is 10.6 Å². The summed E-state index contributed by atoms with van der Waals surface area (Å²) in [4.78, 5) is 39.1. The Morgan fingerprint density at radius 3 is 2.15 bits per heavy atom. The number of hydrazone groups is 1. The van der Waals surface area contributed by atoms with Crippen LogP contribution in [-0.2, 0) is 9.59 Å². The zero-order chi connectivity index (χ0) is 27.2. The van der Waals surface area contributed by atoms with Gasteiger partial charge in [0.2, 0.25) is 5.91 Å². The minimum absolute atomic E-state index is 0.0107. The first-order chi connectivity index (χ1) is 19.0. The molecule has 1 atom stereocenters. The molecule has 0 spiro atoms. The van der Waals surface area contributed by atoms with E-state index in [0.717, 1.165) is 10.5 Å². The van der Waals surface area contributed by atoms with Crippen molar-refractivity contribution in [2.45, 2.75) is 16.6 Å². The highest BCUT2D eigenvalue weighted by Crippen LogP contribution is 2.36. The zero-order valence-electron chi connectivity index (χ0n) is 20.6. The van der Waals surface area contributed by atoms with Crippen LogP contribution in [0.4, 0.5) is 15.8 Å². The molecular formula is C30H23FN4O3S. The van der Waals surface area contributed by atoms with E-state index < -0.39 is 17.0 Å². The first-order valence-corrected chi connectivity index (χ1v) is 13.0. The van der Waals surface area contributed by atoms with E-state index in [9.17, 15) is 18.8 Å². The molecule has 194 valence electrons. The van der Waals surface area contributed by atoms with Crippen molar-refractivity contribution in [1.82, 2.24) is 5.32 Å². The maximum atomic E-state index is 13.9. The number of carbonyl (C=O) groups excluding carboxylic acids is 3. The van der Waals surface area contributed by atoms with Crippen LogP contribution in [0.1, 0.15) is 27.6 Å². The lowest BCUT2D eigenvalue weighted by atomic mass is 10.1. The molecule has 39 heavy (non-hydrogen) atoms. The number of nitrogens with one attached hydrogen (secondary N) is 2. The zero-order valence-corrected chi connectivity index (χ0v) is 21.4. The fourth-order valence-electron chi connectivity index (χ4n) is 3.98. The number of amidine groups is 1. The summed E-state index contributed by atoms with van der Waals surface area (Å²) in [5, 5.41) is 10.5. The van der Waals surface area contributed by atoms with Gasteiger partial charge in [0.25, 0.3) is 11.8 Å². The predicted octanol–water partition coefficient (Wildman–Crippen LogP) is 5.78. The first-order valence-electron chi connectivity index (χ1n) is 12.1. The molecule has 4 aromatic rings. The van der Waals surface area contributed by atoms with Crippen molar-refractivity contribution in [3.8, 4) is 0 Å². The van der Waals surface area contributed by atoms with Gasteiger partial charge in [-0.3, -0.25) is 14.4 Å². The Morgan fingerprint density at radius 2 is 1.46 bits per heavy atom. The highest BCUT2D eigenvalue weighted by atomic mass is 32.2. The SMILES string of the molecule is O=C(Nc1ccc(SC(C(=O)NC2=NN(c3ccccc3)C(=O)C2)c2ccccc2)cc1)c1ccccc1F. The third-order valence-corrected chi connectivity index (χ3v) is 7.14. The van der Waals surface area contributed by atoms with Crippen LogP contribution in [-0.4, -0.2) is 23.6 Å². The minimum atomic E-state index is -0.631. The van der Waals surface area contributed by atoms with Crippen LogP contribution >= 0.6 is 11.8 Å². The van der Waals surface area contributed by atoms with Gasteiger partial charge in [-0.25, -0.2) is 4.39 Å². The van der Waals surface area contributed by atoms with E-state index in [1.165, 1.54) is 35.0 Å². The third-order valence-electron chi connectivity index (χ3n) is 5.87. The lowest BCUT2D eigenvalue weighted by Gasteiger charge is -2.17. The van der Waals surface area contributed by atoms with Crippen LogP contribution < -0.4 is 15.6 Å². The number of carbonyl (C=O) groups is 3. The van der Waals surface area contributed by atoms with Crippen LogP contribution in [0.2, 0.25) is 0 Å². The summed E-state index contributed by atoms with van der Waals surface area (Å²) in [6.07, 6.45) is -0.0107. The Kier molecular flexibility index (Phi) is 7.79. The number of hydrogen-bond donors (Lipinski definition) is 2. The van der Waals surface area contributed by atoms with Gasteiger partial charge in [-0.1, -0.05) is 60.7 Å². The molecule has 0 aromatic heterocycles. The van der Waals surface area contributed by atoms with Crippen molar-refractivity contribution in [3.05, 3.63) is 126 Å². The molecule has 4 aromatic carbocycles. The van der Waals surface area contributed by atoms with Crippen molar-refractivity contribution in [2.75, 3.05) is 10.3 Å². The molecule has 1 aliphatic rings. The summed E-state index contributed by atoms with van der Waals surface area (Å²) in [5.41, 5.74) is 1.86. The Labute approximate surface area is 228 Å². The van der Waals surface area contributed by atoms with E-state index in [2.05, 4.69) is 15.7 Å². The number of amides is 3. The highest BCUT2D eigenvalue weighted by molar-refractivity contribution is 8.00. The number of rotatable bonds is 7. The summed E-state index contributed by atoms with van der Waals surface area (Å²) in [6, 6.07) is 31.0. The molecule has 0 radical (unpaired) electrons. The molecule has 0 saturated carbocycles. The molecule has 7 nitrogen and oxygen atoms in total. The predicted molar refractivity (Wildman–Crippen MR) is 150 cm³/mol. The summed E-state index contributed by atoms with van der Waals surface area (Å²) in [7, 11) is 0. The number of nitrogens with zero attached hydrogens (tertiary/aromatic N) is 2. The molecule has 9 heteroatoms. The Bertz CT molecular complexity index is 1530. The average Bonchev–Trinajstić information content (AvgIpc) is 3.33. The summed E-state index contributed by atoms with van der Waals surface area (Å²) in [6.45, 7) is 0. The van der Waals surface area contributed by atoms with Crippen molar-refractivity contribution in [2.24, 2.45) is 5.10 Å². The minimum Gasteiger partial charge on any atom is -0.322 e. The van der Waals surface area contributed by atoms with Crippen LogP contribution in [0.5, 0.6) is 0 Å². The number of anilines is 2. The van der Waals surface area contributed by atoms with Crippen molar-refractivity contribution in [1.29, 1.82) is 0 Å². The second-order valence-electron chi connectivity index (χ2n) is 8.62. The van der Waals surface area contributed by atoms with Crippen LogP contribution in [0, 0.1) is 5.82 Å². The van der Waals surface area contributed by atoms with Crippen molar-refractivity contribution < 1.29 is 18.8 Å². The summed E-state index contributed by atoms with van der Waals surface area (Å²) < 4.78 is 13.9. The summed E-state index contributed by atoms with van der Waals surface area (Å²) >= 11 is 1.32. The van der Waals surface area contributed by atoms with Gasteiger partial charge in [-0.05, 0) is 54.1 Å². The van der Waals surface area contributed by atoms with E-state index in [-0.39, 0.29) is 29.6 Å². The van der Waals surface area contributed by atoms with Gasteiger partial charge in [-0.2, -0.15) is 10.1 Å². The lowest BCUT2D eigenvalue weighted by molar-refractivity contribution is -0.119. The number of hydrogen-bond acceptors (Lipinski definition) is 5. The van der Waals surface area contributed by atoms with Gasteiger partial charge >= 0.3 is 0 Å². The molecule has 5 rings (SSSR count). The molecule has 0 bridgehead atoms. The van der Waals surface area contributed by atoms with Gasteiger partial charge in [0.05, 0.1) is 17.7 Å². The Morgan fingerprint density at radius 1 is 0.821 bits per heavy atom. The van der Waals surface area contributed by atoms with Gasteiger partial charge in [0.1, 0.15) is 16.9 Å². The maximum Gasteiger partial charge on any atom is 0.258 e. The monoisotopic (exact) mass is 538 g/mol. The highest BCUT2D eigenvalue weighted by Gasteiger charge is 2.29. The molecular weight excluding hydrogens is 515 g/mol. The second-order valence-corrected chi connectivity index (χ2v) is 9.80. The smallest absolute Gasteiger partial charge is 0.258 e. The number of benzene rings is 4. The van der Waals surface area contributed by atoms with Crippen LogP contribution in [0.3, 0.4) is 0 Å². The molecule has 2 N–H and O–H groups in total. The maximum absolute atomic E-state index is 13.9. The normalized spacial score (nSPS) is 13.5. The van der Waals surface area contributed by atoms with E-state index in [1.807, 2.05) is 48.5 Å². The van der Waals surface area contributed by atoms with Crippen molar-refractivity contribution >= 4 is 46.7 Å². The molecule has 1 unspecified atom stereocenters. The third kappa shape index (κ3) is 6.22. The molecule has 0 aliphatic carbocycles. The quantitative estimate of drug-likeness (QED) is 0.292. The van der Waals surface area contributed by atoms with E-state index >= 15 is 0 Å². The van der Waals surface area contributed by atoms with Gasteiger partial charge in [-0.15, -0.1) is 11.8 Å². The summed E-state index contributed by atoms with van der Waals surface area (Å²) in [5.74, 6) is -1.41. The topological polar surface area (TPSA) is 90.9 Å². The fraction of sp³-hybridized carbons (Fsp3) is 0.0667. The van der Waals surface area contributed by atoms with E-state index in [1.54, 1.807) is 42.5 Å². The van der Waals surface area contributed by atoms with Gasteiger partial charge in [0, 0.05) is 10.6 Å². The number of halogens is 1. The van der Waals surface area contributed by atoms with Gasteiger partial charge in [0.15, 0.2) is 0 Å². The molecule has 0 saturated heterocycles. The Hall–Kier alpha value is -4.76. The van der Waals surface area contributed by atoms with E-state index in [0.29, 0.717) is 11.4 Å². The largest absolute Gasteiger partial charge is 0.322 e. The van der Waals surface area contributed by atoms with Crippen molar-refractivity contribution in [3.63, 3.8) is 0 Å². The number of para-hydroxylation sites is 1. The fourth-order valence-corrected chi connectivity index (χ4v) is 5.00. The lowest BCUT2D eigenvalue weighted by Crippen LogP contribution is -2.33. The molecule has 1 heterocycles. The van der Waals surface area contributed by atoms with Crippen LogP contribution in [0.25, 0.3) is 0 Å². The van der Waals surface area contributed by atoms with Crippen LogP contribution in [0.15, 0.2) is 119 Å². The average molecular weight is 539 g/mol. The second kappa shape index (κ2) is 11.7. The molecule has 1 aliphatic heterocycles. The molecule has 0 fully saturated rings. The van der Waals surface area contributed by atoms with E-state index in [4.69, 9.17) is 0 Å². The number of thioether (sulfide) groups is 1. The molecule has 3 amide bonds. The first kappa shape index (κ1) is 25.9.